The van der Waals surface area contributed by atoms with Crippen molar-refractivity contribution in [1.29, 1.82) is 0 Å². The Morgan fingerprint density at radius 2 is 2.24 bits per heavy atom. The summed E-state index contributed by atoms with van der Waals surface area (Å²) < 4.78 is 13.4. The highest BCUT2D eigenvalue weighted by Gasteiger charge is 2.36. The van der Waals surface area contributed by atoms with Gasteiger partial charge in [-0.25, -0.2) is 4.39 Å². The van der Waals surface area contributed by atoms with Crippen molar-refractivity contribution in [3.63, 3.8) is 0 Å². The summed E-state index contributed by atoms with van der Waals surface area (Å²) in [5, 5.41) is 9.92. The Morgan fingerprint density at radius 3 is 2.90 bits per heavy atom. The quantitative estimate of drug-likeness (QED) is 0.891. The third-order valence-electron chi connectivity index (χ3n) is 3.96. The molecule has 0 saturated carbocycles. The van der Waals surface area contributed by atoms with Crippen LogP contribution in [0.2, 0.25) is 0 Å². The molecule has 1 fully saturated rings. The molecule has 0 radical (unpaired) electrons. The first-order valence-corrected chi connectivity index (χ1v) is 6.94. The van der Waals surface area contributed by atoms with Gasteiger partial charge in [-0.3, -0.25) is 4.79 Å². The van der Waals surface area contributed by atoms with E-state index in [-0.39, 0.29) is 24.3 Å². The molecule has 5 heteroatoms. The minimum atomic E-state index is -0.582. The van der Waals surface area contributed by atoms with Gasteiger partial charge in [-0.2, -0.15) is 0 Å². The van der Waals surface area contributed by atoms with Crippen LogP contribution in [0.5, 0.6) is 0 Å². The zero-order valence-corrected chi connectivity index (χ0v) is 11.7. The number of hydrogen-bond donors (Lipinski definition) is 2. The molecule has 2 heterocycles. The topological polar surface area (TPSA) is 56.3 Å². The van der Waals surface area contributed by atoms with Crippen molar-refractivity contribution in [3.8, 4) is 0 Å². The SMILES string of the molecule is Cc1[nH]ccc1C(=O)N1C[C@@H](O)C[C@H]1c1cccc(F)c1. The number of benzene rings is 1. The summed E-state index contributed by atoms with van der Waals surface area (Å²) in [5.74, 6) is -0.473. The fourth-order valence-electron chi connectivity index (χ4n) is 2.91. The molecule has 1 aromatic heterocycles. The smallest absolute Gasteiger partial charge is 0.256 e. The van der Waals surface area contributed by atoms with Crippen molar-refractivity contribution >= 4 is 5.91 Å². The lowest BCUT2D eigenvalue weighted by Gasteiger charge is -2.24. The lowest BCUT2D eigenvalue weighted by molar-refractivity contribution is 0.0715. The molecular weight excluding hydrogens is 271 g/mol. The Morgan fingerprint density at radius 1 is 1.43 bits per heavy atom. The molecule has 1 aliphatic heterocycles. The maximum atomic E-state index is 13.4. The number of aromatic amines is 1. The minimum Gasteiger partial charge on any atom is -0.391 e. The zero-order valence-electron chi connectivity index (χ0n) is 11.7. The third-order valence-corrected chi connectivity index (χ3v) is 3.96. The van der Waals surface area contributed by atoms with Crippen LogP contribution < -0.4 is 0 Å². The predicted octanol–water partition coefficient (Wildman–Crippen LogP) is 2.41. The van der Waals surface area contributed by atoms with E-state index in [0.29, 0.717) is 17.5 Å². The average Bonchev–Trinajstić information content (AvgIpc) is 3.04. The van der Waals surface area contributed by atoms with Crippen molar-refractivity contribution in [2.45, 2.75) is 25.5 Å². The van der Waals surface area contributed by atoms with Gasteiger partial charge >= 0.3 is 0 Å². The second kappa shape index (κ2) is 5.33. The number of β-amino-alcohol motifs (C(OH)–C–C–N with tert-alkyl or cyclic N) is 1. The average molecular weight is 288 g/mol. The number of carbonyl (C=O) groups is 1. The number of rotatable bonds is 2. The highest BCUT2D eigenvalue weighted by molar-refractivity contribution is 5.95. The highest BCUT2D eigenvalue weighted by atomic mass is 19.1. The van der Waals surface area contributed by atoms with E-state index in [1.54, 1.807) is 29.3 Å². The second-order valence-corrected chi connectivity index (χ2v) is 5.43. The molecule has 2 N–H and O–H groups in total. The van der Waals surface area contributed by atoms with Crippen LogP contribution in [0.15, 0.2) is 36.5 Å². The van der Waals surface area contributed by atoms with E-state index in [0.717, 1.165) is 5.69 Å². The number of aromatic nitrogens is 1. The first kappa shape index (κ1) is 13.8. The number of hydrogen-bond acceptors (Lipinski definition) is 2. The lowest BCUT2D eigenvalue weighted by Crippen LogP contribution is -2.32. The van der Waals surface area contributed by atoms with Crippen molar-refractivity contribution in [2.75, 3.05) is 6.54 Å². The van der Waals surface area contributed by atoms with E-state index < -0.39 is 6.10 Å². The van der Waals surface area contributed by atoms with Crippen molar-refractivity contribution in [1.82, 2.24) is 9.88 Å². The van der Waals surface area contributed by atoms with Gasteiger partial charge in [0.15, 0.2) is 0 Å². The maximum absolute atomic E-state index is 13.4. The fourth-order valence-corrected chi connectivity index (χ4v) is 2.91. The number of likely N-dealkylation sites (tertiary alicyclic amines) is 1. The van der Waals surface area contributed by atoms with Crippen LogP contribution in [0.1, 0.15) is 34.1 Å². The molecule has 1 aromatic carbocycles. The molecular formula is C16H17FN2O2. The number of H-pyrrole nitrogens is 1. The minimum absolute atomic E-state index is 0.139. The monoisotopic (exact) mass is 288 g/mol. The first-order valence-electron chi connectivity index (χ1n) is 6.94. The summed E-state index contributed by atoms with van der Waals surface area (Å²) in [7, 11) is 0. The molecule has 3 rings (SSSR count). The van der Waals surface area contributed by atoms with Gasteiger partial charge < -0.3 is 15.0 Å². The van der Waals surface area contributed by atoms with Crippen molar-refractivity contribution in [2.24, 2.45) is 0 Å². The van der Waals surface area contributed by atoms with Crippen LogP contribution in [-0.2, 0) is 0 Å². The number of aryl methyl sites for hydroxylation is 1. The Hall–Kier alpha value is -2.14. The largest absolute Gasteiger partial charge is 0.391 e. The van der Waals surface area contributed by atoms with E-state index in [1.807, 2.05) is 6.92 Å². The van der Waals surface area contributed by atoms with Crippen molar-refractivity contribution in [3.05, 3.63) is 59.2 Å². The number of amides is 1. The summed E-state index contributed by atoms with van der Waals surface area (Å²) in [6, 6.07) is 7.64. The molecule has 0 aliphatic carbocycles. The summed E-state index contributed by atoms with van der Waals surface area (Å²) in [6.07, 6.45) is 1.56. The Labute approximate surface area is 122 Å². The Kier molecular flexibility index (Phi) is 3.51. The standard InChI is InChI=1S/C16H17FN2O2/c1-10-14(5-6-18-10)16(21)19-9-13(20)8-15(19)11-3-2-4-12(17)7-11/h2-7,13,15,18,20H,8-9H2,1H3/t13-,15-/m0/s1. The van der Waals surface area contributed by atoms with E-state index in [9.17, 15) is 14.3 Å². The van der Waals surface area contributed by atoms with Gasteiger partial charge in [0.05, 0.1) is 17.7 Å². The van der Waals surface area contributed by atoms with Gasteiger partial charge in [-0.15, -0.1) is 0 Å². The van der Waals surface area contributed by atoms with Crippen LogP contribution in [0.3, 0.4) is 0 Å². The second-order valence-electron chi connectivity index (χ2n) is 5.43. The third kappa shape index (κ3) is 2.56. The molecule has 2 aromatic rings. The molecule has 0 unspecified atom stereocenters. The molecule has 0 bridgehead atoms. The summed E-state index contributed by atoms with van der Waals surface area (Å²) in [6.45, 7) is 2.10. The Balaban J connectivity index is 1.93. The normalized spacial score (nSPS) is 21.8. The van der Waals surface area contributed by atoms with Crippen molar-refractivity contribution < 1.29 is 14.3 Å². The molecule has 110 valence electrons. The van der Waals surface area contributed by atoms with Gasteiger partial charge in [-0.1, -0.05) is 12.1 Å². The van der Waals surface area contributed by atoms with Gasteiger partial charge in [0.2, 0.25) is 0 Å². The van der Waals surface area contributed by atoms with Crippen LogP contribution in [0.4, 0.5) is 4.39 Å². The fraction of sp³-hybridized carbons (Fsp3) is 0.312. The molecule has 0 spiro atoms. The number of nitrogens with one attached hydrogen (secondary N) is 1. The maximum Gasteiger partial charge on any atom is 0.256 e. The van der Waals surface area contributed by atoms with Crippen LogP contribution >= 0.6 is 0 Å². The molecule has 1 amide bonds. The highest BCUT2D eigenvalue weighted by Crippen LogP contribution is 2.33. The number of carbonyl (C=O) groups excluding carboxylic acids is 1. The number of nitrogens with zero attached hydrogens (tertiary/aromatic N) is 1. The van der Waals surface area contributed by atoms with E-state index in [4.69, 9.17) is 0 Å². The summed E-state index contributed by atoms with van der Waals surface area (Å²) in [5.41, 5.74) is 2.10. The number of halogens is 1. The molecule has 2 atom stereocenters. The van der Waals surface area contributed by atoms with E-state index in [2.05, 4.69) is 4.98 Å². The van der Waals surface area contributed by atoms with Crippen LogP contribution in [0.25, 0.3) is 0 Å². The first-order chi connectivity index (χ1) is 10.1. The molecule has 1 aliphatic rings. The number of aliphatic hydroxyl groups is 1. The predicted molar refractivity (Wildman–Crippen MR) is 76.3 cm³/mol. The van der Waals surface area contributed by atoms with Gasteiger partial charge in [0.25, 0.3) is 5.91 Å². The molecule has 4 nitrogen and oxygen atoms in total. The van der Waals surface area contributed by atoms with Gasteiger partial charge in [0.1, 0.15) is 5.82 Å². The zero-order chi connectivity index (χ0) is 15.0. The number of aliphatic hydroxyl groups excluding tert-OH is 1. The summed E-state index contributed by atoms with van der Waals surface area (Å²) in [4.78, 5) is 17.2. The van der Waals surface area contributed by atoms with Gasteiger partial charge in [-0.05, 0) is 37.1 Å². The summed E-state index contributed by atoms with van der Waals surface area (Å²) >= 11 is 0. The van der Waals surface area contributed by atoms with Crippen LogP contribution in [-0.4, -0.2) is 33.5 Å². The molecule has 1 saturated heterocycles. The van der Waals surface area contributed by atoms with Gasteiger partial charge in [0, 0.05) is 18.4 Å². The van der Waals surface area contributed by atoms with Crippen LogP contribution in [0, 0.1) is 12.7 Å². The Bertz CT molecular complexity index is 668. The van der Waals surface area contributed by atoms with E-state index >= 15 is 0 Å². The van der Waals surface area contributed by atoms with E-state index in [1.165, 1.54) is 12.1 Å². The molecule has 21 heavy (non-hydrogen) atoms. The lowest BCUT2D eigenvalue weighted by atomic mass is 10.0.